The smallest absolute Gasteiger partial charge is 0.350 e. The highest BCUT2D eigenvalue weighted by atomic mass is 16.5. The summed E-state index contributed by atoms with van der Waals surface area (Å²) in [6, 6.07) is 11.9. The molecule has 1 aliphatic rings. The molecule has 0 atom stereocenters. The number of esters is 1. The third-order valence-corrected chi connectivity index (χ3v) is 4.15. The fourth-order valence-electron chi connectivity index (χ4n) is 3.03. The molecule has 0 radical (unpaired) electrons. The standard InChI is InChI=1S/C19H20N4O2/c1-2-25-19(24)14(11-20)12-21-13-17-16-9-6-10-18(16)23(22-17)15-7-4-3-5-8-15/h3-5,7-8,12,21H,2,6,9-10,13H2,1H3/b14-12+. The summed E-state index contributed by atoms with van der Waals surface area (Å²) in [6.45, 7) is 2.42. The Morgan fingerprint density at radius 3 is 2.92 bits per heavy atom. The fourth-order valence-corrected chi connectivity index (χ4v) is 3.03. The molecule has 6 nitrogen and oxygen atoms in total. The average molecular weight is 336 g/mol. The second-order valence-electron chi connectivity index (χ2n) is 5.74. The minimum absolute atomic E-state index is 0.0408. The number of aromatic nitrogens is 2. The highest BCUT2D eigenvalue weighted by molar-refractivity contribution is 5.92. The van der Waals surface area contributed by atoms with Gasteiger partial charge in [0.1, 0.15) is 6.07 Å². The molecule has 25 heavy (non-hydrogen) atoms. The van der Waals surface area contributed by atoms with E-state index in [1.54, 1.807) is 6.92 Å². The Labute approximate surface area is 146 Å². The number of carbonyl (C=O) groups excluding carboxylic acids is 1. The van der Waals surface area contributed by atoms with E-state index in [2.05, 4.69) is 5.32 Å². The highest BCUT2D eigenvalue weighted by Crippen LogP contribution is 2.27. The van der Waals surface area contributed by atoms with E-state index < -0.39 is 5.97 Å². The van der Waals surface area contributed by atoms with Crippen molar-refractivity contribution in [2.45, 2.75) is 32.7 Å². The first-order chi connectivity index (χ1) is 12.2. The van der Waals surface area contributed by atoms with Crippen LogP contribution in [-0.2, 0) is 28.9 Å². The van der Waals surface area contributed by atoms with E-state index in [9.17, 15) is 4.79 Å². The molecule has 0 saturated heterocycles. The first kappa shape index (κ1) is 16.8. The Bertz CT molecular complexity index is 831. The summed E-state index contributed by atoms with van der Waals surface area (Å²) in [7, 11) is 0. The molecular weight excluding hydrogens is 316 g/mol. The van der Waals surface area contributed by atoms with Gasteiger partial charge in [-0.25, -0.2) is 9.48 Å². The van der Waals surface area contributed by atoms with Crippen LogP contribution < -0.4 is 5.32 Å². The molecule has 0 unspecified atom stereocenters. The molecule has 1 aliphatic carbocycles. The van der Waals surface area contributed by atoms with Crippen LogP contribution in [0.15, 0.2) is 42.1 Å². The zero-order valence-electron chi connectivity index (χ0n) is 14.2. The minimum Gasteiger partial charge on any atom is -0.462 e. The summed E-state index contributed by atoms with van der Waals surface area (Å²) in [4.78, 5) is 11.6. The van der Waals surface area contributed by atoms with Gasteiger partial charge in [-0.2, -0.15) is 10.4 Å². The van der Waals surface area contributed by atoms with Crippen molar-refractivity contribution in [2.24, 2.45) is 0 Å². The van der Waals surface area contributed by atoms with Crippen molar-refractivity contribution in [3.05, 3.63) is 59.1 Å². The van der Waals surface area contributed by atoms with Gasteiger partial charge in [-0.3, -0.25) is 0 Å². The molecule has 0 fully saturated rings. The van der Waals surface area contributed by atoms with Gasteiger partial charge in [0.15, 0.2) is 5.57 Å². The van der Waals surface area contributed by atoms with E-state index in [1.807, 2.05) is 41.1 Å². The average Bonchev–Trinajstić information content (AvgIpc) is 3.23. The van der Waals surface area contributed by atoms with E-state index in [0.29, 0.717) is 6.54 Å². The topological polar surface area (TPSA) is 79.9 Å². The molecule has 0 amide bonds. The van der Waals surface area contributed by atoms with Gasteiger partial charge in [-0.1, -0.05) is 18.2 Å². The zero-order chi connectivity index (χ0) is 17.6. The number of hydrogen-bond donors (Lipinski definition) is 1. The van der Waals surface area contributed by atoms with Gasteiger partial charge in [0.25, 0.3) is 0 Å². The second-order valence-corrected chi connectivity index (χ2v) is 5.74. The molecule has 0 aliphatic heterocycles. The molecule has 1 aromatic heterocycles. The van der Waals surface area contributed by atoms with E-state index in [0.717, 1.165) is 30.6 Å². The molecule has 0 bridgehead atoms. The third-order valence-electron chi connectivity index (χ3n) is 4.15. The van der Waals surface area contributed by atoms with Gasteiger partial charge in [-0.15, -0.1) is 0 Å². The van der Waals surface area contributed by atoms with Gasteiger partial charge in [0, 0.05) is 11.9 Å². The maximum absolute atomic E-state index is 11.6. The van der Waals surface area contributed by atoms with Crippen molar-refractivity contribution in [1.29, 1.82) is 5.26 Å². The quantitative estimate of drug-likeness (QED) is 0.498. The minimum atomic E-state index is -0.613. The number of carbonyl (C=O) groups is 1. The van der Waals surface area contributed by atoms with Crippen molar-refractivity contribution in [2.75, 3.05) is 6.61 Å². The third kappa shape index (κ3) is 3.56. The first-order valence-corrected chi connectivity index (χ1v) is 8.40. The number of nitrogens with one attached hydrogen (secondary N) is 1. The largest absolute Gasteiger partial charge is 0.462 e. The summed E-state index contributed by atoms with van der Waals surface area (Å²) in [5.41, 5.74) is 4.47. The van der Waals surface area contributed by atoms with Gasteiger partial charge in [-0.05, 0) is 43.9 Å². The normalized spacial score (nSPS) is 13.2. The lowest BCUT2D eigenvalue weighted by molar-refractivity contribution is -0.138. The van der Waals surface area contributed by atoms with Crippen molar-refractivity contribution < 1.29 is 9.53 Å². The van der Waals surface area contributed by atoms with Gasteiger partial charge in [0.2, 0.25) is 0 Å². The number of para-hydroxylation sites is 1. The molecule has 3 rings (SSSR count). The SMILES string of the molecule is CCOC(=O)/C(C#N)=C/NCc1nn(-c2ccccc2)c2c1CCC2. The van der Waals surface area contributed by atoms with Crippen LogP contribution in [0, 0.1) is 11.3 Å². The Balaban J connectivity index is 1.78. The molecule has 128 valence electrons. The molecule has 0 spiro atoms. The Morgan fingerprint density at radius 2 is 2.20 bits per heavy atom. The van der Waals surface area contributed by atoms with Crippen LogP contribution in [-0.4, -0.2) is 22.4 Å². The lowest BCUT2D eigenvalue weighted by atomic mass is 10.2. The Hall–Kier alpha value is -3.07. The summed E-state index contributed by atoms with van der Waals surface area (Å²) < 4.78 is 6.84. The van der Waals surface area contributed by atoms with Gasteiger partial charge < -0.3 is 10.1 Å². The van der Waals surface area contributed by atoms with E-state index in [-0.39, 0.29) is 12.2 Å². The predicted octanol–water partition coefficient (Wildman–Crippen LogP) is 2.42. The molecule has 2 aromatic rings. The van der Waals surface area contributed by atoms with Gasteiger partial charge in [0.05, 0.1) is 24.5 Å². The molecule has 6 heteroatoms. The number of rotatable bonds is 6. The van der Waals surface area contributed by atoms with Crippen LogP contribution >= 0.6 is 0 Å². The number of ether oxygens (including phenoxy) is 1. The highest BCUT2D eigenvalue weighted by Gasteiger charge is 2.22. The second kappa shape index (κ2) is 7.67. The van der Waals surface area contributed by atoms with E-state index in [1.165, 1.54) is 17.5 Å². The molecule has 1 N–H and O–H groups in total. The number of fused-ring (bicyclic) bond motifs is 1. The van der Waals surface area contributed by atoms with Crippen molar-refractivity contribution in [1.82, 2.24) is 15.1 Å². The van der Waals surface area contributed by atoms with Crippen molar-refractivity contribution in [3.8, 4) is 11.8 Å². The number of hydrogen-bond acceptors (Lipinski definition) is 5. The van der Waals surface area contributed by atoms with Crippen molar-refractivity contribution in [3.63, 3.8) is 0 Å². The van der Waals surface area contributed by atoms with Crippen LogP contribution in [0.2, 0.25) is 0 Å². The maximum atomic E-state index is 11.6. The Morgan fingerprint density at radius 1 is 1.40 bits per heavy atom. The summed E-state index contributed by atoms with van der Waals surface area (Å²) in [6.07, 6.45) is 4.54. The van der Waals surface area contributed by atoms with E-state index >= 15 is 0 Å². The van der Waals surface area contributed by atoms with Crippen LogP contribution in [0.25, 0.3) is 5.69 Å². The van der Waals surface area contributed by atoms with Crippen molar-refractivity contribution >= 4 is 5.97 Å². The summed E-state index contributed by atoms with van der Waals surface area (Å²) >= 11 is 0. The number of benzene rings is 1. The molecule has 1 heterocycles. The maximum Gasteiger partial charge on any atom is 0.350 e. The predicted molar refractivity (Wildman–Crippen MR) is 92.8 cm³/mol. The summed E-state index contributed by atoms with van der Waals surface area (Å²) in [5, 5.41) is 16.8. The Kier molecular flexibility index (Phi) is 5.14. The lowest BCUT2D eigenvalue weighted by Gasteiger charge is -2.05. The molecular formula is C19H20N4O2. The van der Waals surface area contributed by atoms with Crippen LogP contribution in [0.5, 0.6) is 0 Å². The summed E-state index contributed by atoms with van der Waals surface area (Å²) in [5.74, 6) is -0.613. The van der Waals surface area contributed by atoms with Crippen LogP contribution in [0.3, 0.4) is 0 Å². The van der Waals surface area contributed by atoms with Gasteiger partial charge >= 0.3 is 5.97 Å². The first-order valence-electron chi connectivity index (χ1n) is 8.40. The zero-order valence-corrected chi connectivity index (χ0v) is 14.2. The van der Waals surface area contributed by atoms with Crippen LogP contribution in [0.4, 0.5) is 0 Å². The number of nitriles is 1. The van der Waals surface area contributed by atoms with Crippen LogP contribution in [0.1, 0.15) is 30.3 Å². The molecule has 0 saturated carbocycles. The lowest BCUT2D eigenvalue weighted by Crippen LogP contribution is -2.13. The number of nitrogens with zero attached hydrogens (tertiary/aromatic N) is 3. The fraction of sp³-hybridized carbons (Fsp3) is 0.316. The molecule has 1 aromatic carbocycles. The monoisotopic (exact) mass is 336 g/mol. The van der Waals surface area contributed by atoms with E-state index in [4.69, 9.17) is 15.1 Å².